The summed E-state index contributed by atoms with van der Waals surface area (Å²) < 4.78 is 32.5. The summed E-state index contributed by atoms with van der Waals surface area (Å²) in [6.45, 7) is 4.21. The van der Waals surface area contributed by atoms with Gasteiger partial charge in [0.15, 0.2) is 12.2 Å². The molecule has 0 unspecified atom stereocenters. The van der Waals surface area contributed by atoms with Crippen molar-refractivity contribution in [2.75, 3.05) is 6.61 Å². The van der Waals surface area contributed by atoms with Crippen molar-refractivity contribution in [2.24, 2.45) is 0 Å². The summed E-state index contributed by atoms with van der Waals surface area (Å²) in [4.78, 5) is 57.4. The lowest BCUT2D eigenvalue weighted by Gasteiger charge is -2.43. The van der Waals surface area contributed by atoms with Gasteiger partial charge in [0, 0.05) is 33.3 Å². The van der Waals surface area contributed by atoms with Crippen LogP contribution in [0.15, 0.2) is 24.3 Å². The topological polar surface area (TPSA) is 141 Å². The maximum Gasteiger partial charge on any atom is 0.303 e. The largest absolute Gasteiger partial charge is 0.463 e. The van der Waals surface area contributed by atoms with Gasteiger partial charge >= 0.3 is 23.9 Å². The van der Waals surface area contributed by atoms with Crippen LogP contribution in [0.25, 0.3) is 0 Å². The van der Waals surface area contributed by atoms with Crippen LogP contribution in [0.5, 0.6) is 5.75 Å². The van der Waals surface area contributed by atoms with E-state index in [0.29, 0.717) is 11.8 Å². The number of ether oxygens (including phenoxy) is 6. The first-order valence-corrected chi connectivity index (χ1v) is 9.63. The summed E-state index contributed by atoms with van der Waals surface area (Å²) in [6, 6.07) is 5.96. The highest BCUT2D eigenvalue weighted by Crippen LogP contribution is 2.31. The first-order chi connectivity index (χ1) is 15.1. The molecule has 1 aliphatic rings. The van der Waals surface area contributed by atoms with Crippen LogP contribution < -0.4 is 4.74 Å². The Balaban J connectivity index is 2.43. The summed E-state index contributed by atoms with van der Waals surface area (Å²) in [5.41, 5.74) is 0.402. The second-order valence-electron chi connectivity index (χ2n) is 6.87. The van der Waals surface area contributed by atoms with Crippen molar-refractivity contribution in [3.63, 3.8) is 0 Å². The van der Waals surface area contributed by atoms with Gasteiger partial charge in [-0.05, 0) is 24.3 Å². The zero-order valence-electron chi connectivity index (χ0n) is 18.0. The molecule has 1 fully saturated rings. The van der Waals surface area contributed by atoms with Gasteiger partial charge in [0.05, 0.1) is 0 Å². The molecule has 1 aromatic rings. The van der Waals surface area contributed by atoms with E-state index in [0.717, 1.165) is 20.8 Å². The van der Waals surface area contributed by atoms with Crippen molar-refractivity contribution in [2.45, 2.75) is 58.4 Å². The smallest absolute Gasteiger partial charge is 0.303 e. The molecule has 1 aromatic carbocycles. The summed E-state index contributed by atoms with van der Waals surface area (Å²) >= 11 is 0. The third kappa shape index (κ3) is 7.05. The number of rotatable bonds is 8. The molecule has 1 heterocycles. The van der Waals surface area contributed by atoms with Crippen molar-refractivity contribution >= 4 is 30.2 Å². The molecule has 0 aliphatic carbocycles. The molecule has 0 N–H and O–H groups in total. The zero-order chi connectivity index (χ0) is 23.8. The van der Waals surface area contributed by atoms with Gasteiger partial charge in [-0.3, -0.25) is 24.0 Å². The van der Waals surface area contributed by atoms with Crippen LogP contribution in [0, 0.1) is 0 Å². The van der Waals surface area contributed by atoms with Crippen molar-refractivity contribution in [1.82, 2.24) is 0 Å². The number of aldehydes is 1. The molecule has 2 rings (SSSR count). The fraction of sp³-hybridized carbons (Fsp3) is 0.476. The molecule has 0 spiro atoms. The first kappa shape index (κ1) is 24.8. The van der Waals surface area contributed by atoms with Crippen LogP contribution >= 0.6 is 0 Å². The maximum absolute atomic E-state index is 11.8. The lowest BCUT2D eigenvalue weighted by atomic mass is 9.98. The van der Waals surface area contributed by atoms with Crippen molar-refractivity contribution in [3.8, 4) is 5.75 Å². The van der Waals surface area contributed by atoms with Crippen molar-refractivity contribution < 1.29 is 52.4 Å². The first-order valence-electron chi connectivity index (χ1n) is 9.63. The third-order valence-electron chi connectivity index (χ3n) is 4.22. The number of carbonyl (C=O) groups is 5. The average Bonchev–Trinajstić information content (AvgIpc) is 2.70. The van der Waals surface area contributed by atoms with E-state index in [1.807, 2.05) is 0 Å². The monoisotopic (exact) mass is 452 g/mol. The molecule has 32 heavy (non-hydrogen) atoms. The molecule has 5 atom stereocenters. The maximum atomic E-state index is 11.8. The van der Waals surface area contributed by atoms with E-state index in [1.165, 1.54) is 31.2 Å². The van der Waals surface area contributed by atoms with Crippen LogP contribution in [0.4, 0.5) is 0 Å². The summed E-state index contributed by atoms with van der Waals surface area (Å²) in [6.07, 6.45) is -5.72. The van der Waals surface area contributed by atoms with E-state index in [2.05, 4.69) is 0 Å². The lowest BCUT2D eigenvalue weighted by molar-refractivity contribution is -0.288. The SMILES string of the molecule is CC(=O)OC[C@H]1O[C@@H](Oc2ccc(C=O)cc2)[C@@H](OC(C)=O)[C@@H](OC(C)=O)[C@H]1OC(C)=O. The Labute approximate surface area is 183 Å². The van der Waals surface area contributed by atoms with E-state index >= 15 is 0 Å². The predicted octanol–water partition coefficient (Wildman–Crippen LogP) is 0.961. The molecule has 0 aromatic heterocycles. The Morgan fingerprint density at radius 2 is 1.34 bits per heavy atom. The molecular formula is C21H24O11. The van der Waals surface area contributed by atoms with Crippen LogP contribution in [0.1, 0.15) is 38.1 Å². The Morgan fingerprint density at radius 3 is 1.84 bits per heavy atom. The van der Waals surface area contributed by atoms with Gasteiger partial charge in [-0.25, -0.2) is 0 Å². The summed E-state index contributed by atoms with van der Waals surface area (Å²) in [7, 11) is 0. The van der Waals surface area contributed by atoms with Crippen molar-refractivity contribution in [1.29, 1.82) is 0 Å². The summed E-state index contributed by atoms with van der Waals surface area (Å²) in [5, 5.41) is 0. The molecule has 0 bridgehead atoms. The standard InChI is InChI=1S/C21H24O11/c1-11(23)27-10-17-18(28-12(2)24)19(29-13(3)25)20(30-14(4)26)21(32-17)31-16-7-5-15(9-22)6-8-16/h5-9,17-21H,10H2,1-4H3/t17-,18+,19+,20+,21-/m1/s1. The highest BCUT2D eigenvalue weighted by Gasteiger charge is 2.53. The van der Waals surface area contributed by atoms with Gasteiger partial charge in [0.25, 0.3) is 0 Å². The summed E-state index contributed by atoms with van der Waals surface area (Å²) in [5.74, 6) is -2.58. The minimum atomic E-state index is -1.34. The van der Waals surface area contributed by atoms with Gasteiger partial charge < -0.3 is 28.4 Å². The highest BCUT2D eigenvalue weighted by molar-refractivity contribution is 5.74. The number of benzene rings is 1. The number of hydrogen-bond donors (Lipinski definition) is 0. The van der Waals surface area contributed by atoms with Gasteiger partial charge in [-0.1, -0.05) is 0 Å². The third-order valence-corrected chi connectivity index (χ3v) is 4.22. The Bertz CT molecular complexity index is 848. The van der Waals surface area contributed by atoms with Crippen LogP contribution in [-0.4, -0.2) is 67.5 Å². The van der Waals surface area contributed by atoms with Crippen LogP contribution in [0.3, 0.4) is 0 Å². The predicted molar refractivity (Wildman–Crippen MR) is 104 cm³/mol. The van der Waals surface area contributed by atoms with E-state index in [9.17, 15) is 24.0 Å². The van der Waals surface area contributed by atoms with E-state index in [4.69, 9.17) is 28.4 Å². The Hall–Kier alpha value is -3.47. The molecule has 11 nitrogen and oxygen atoms in total. The molecule has 0 radical (unpaired) electrons. The Morgan fingerprint density at radius 1 is 0.812 bits per heavy atom. The fourth-order valence-corrected chi connectivity index (χ4v) is 3.04. The van der Waals surface area contributed by atoms with E-state index in [1.54, 1.807) is 0 Å². The molecule has 0 saturated carbocycles. The van der Waals surface area contributed by atoms with E-state index < -0.39 is 54.6 Å². The van der Waals surface area contributed by atoms with E-state index in [-0.39, 0.29) is 12.4 Å². The quantitative estimate of drug-likeness (QED) is 0.316. The van der Waals surface area contributed by atoms with Gasteiger partial charge in [-0.15, -0.1) is 0 Å². The highest BCUT2D eigenvalue weighted by atomic mass is 16.7. The fourth-order valence-electron chi connectivity index (χ4n) is 3.04. The minimum Gasteiger partial charge on any atom is -0.463 e. The minimum absolute atomic E-state index is 0.247. The number of hydrogen-bond acceptors (Lipinski definition) is 11. The second kappa shape index (κ2) is 11.2. The molecule has 1 aliphatic heterocycles. The van der Waals surface area contributed by atoms with Crippen molar-refractivity contribution in [3.05, 3.63) is 29.8 Å². The lowest BCUT2D eigenvalue weighted by Crippen LogP contribution is -2.63. The van der Waals surface area contributed by atoms with Gasteiger partial charge in [0.1, 0.15) is 24.7 Å². The van der Waals surface area contributed by atoms with Crippen LogP contribution in [0.2, 0.25) is 0 Å². The molecule has 174 valence electrons. The molecular weight excluding hydrogens is 428 g/mol. The number of carbonyl (C=O) groups excluding carboxylic acids is 5. The van der Waals surface area contributed by atoms with Gasteiger partial charge in [-0.2, -0.15) is 0 Å². The number of esters is 4. The zero-order valence-corrected chi connectivity index (χ0v) is 18.0. The molecule has 1 saturated heterocycles. The second-order valence-corrected chi connectivity index (χ2v) is 6.87. The van der Waals surface area contributed by atoms with Crippen LogP contribution in [-0.2, 0) is 42.9 Å². The normalized spacial score (nSPS) is 24.6. The average molecular weight is 452 g/mol. The Kier molecular flexibility index (Phi) is 8.71. The van der Waals surface area contributed by atoms with Gasteiger partial charge in [0.2, 0.25) is 12.4 Å². The molecule has 0 amide bonds. The molecule has 11 heteroatoms.